The van der Waals surface area contributed by atoms with Crippen LogP contribution in [0.3, 0.4) is 0 Å². The number of Topliss-reactive ketones (excluding diaryl/α,β-unsaturated/α-hetero) is 1. The fourth-order valence-corrected chi connectivity index (χ4v) is 2.27. The number of aryl methyl sites for hydroxylation is 2. The van der Waals surface area contributed by atoms with Crippen LogP contribution in [0.25, 0.3) is 0 Å². The van der Waals surface area contributed by atoms with Crippen LogP contribution in [0.5, 0.6) is 0 Å². The van der Waals surface area contributed by atoms with E-state index in [1.165, 1.54) is 18.9 Å². The molecule has 0 aliphatic carbocycles. The van der Waals surface area contributed by atoms with Crippen LogP contribution in [-0.4, -0.2) is 35.9 Å². The zero-order valence-electron chi connectivity index (χ0n) is 9.76. The molecule has 1 heterocycles. The minimum Gasteiger partial charge on any atom is -0.312 e. The van der Waals surface area contributed by atoms with Gasteiger partial charge in [-0.15, -0.1) is 0 Å². The van der Waals surface area contributed by atoms with Gasteiger partial charge in [-0.25, -0.2) is 0 Å². The van der Waals surface area contributed by atoms with Crippen LogP contribution in [0.4, 0.5) is 0 Å². The summed E-state index contributed by atoms with van der Waals surface area (Å²) in [6.45, 7) is 1.72. The van der Waals surface area contributed by atoms with Gasteiger partial charge in [0.2, 0.25) is 0 Å². The monoisotopic (exact) mass is 246 g/mol. The molecule has 0 atom stereocenters. The van der Waals surface area contributed by atoms with Crippen LogP contribution in [0, 0.1) is 6.92 Å². The molecule has 0 fully saturated rings. The third-order valence-corrected chi connectivity index (χ3v) is 3.99. The van der Waals surface area contributed by atoms with E-state index in [0.29, 0.717) is 11.3 Å². The standard InChI is InChI=1S/C9H15N2O4P/c1-7-8(5-11(2)10-7)9(12)6-16(13,14-3)15-4/h5H,6H2,1-4H3. The number of hydrogen-bond donors (Lipinski definition) is 0. The Balaban J connectivity index is 2.88. The first kappa shape index (κ1) is 13.1. The second-order valence-corrected chi connectivity index (χ2v) is 5.63. The van der Waals surface area contributed by atoms with Gasteiger partial charge < -0.3 is 9.05 Å². The van der Waals surface area contributed by atoms with Crippen LogP contribution in [0.1, 0.15) is 16.1 Å². The molecule has 0 saturated carbocycles. The third-order valence-electron chi connectivity index (χ3n) is 2.21. The van der Waals surface area contributed by atoms with E-state index in [1.807, 2.05) is 0 Å². The summed E-state index contributed by atoms with van der Waals surface area (Å²) in [7, 11) is 0.934. The molecular formula is C9H15N2O4P. The van der Waals surface area contributed by atoms with Crippen molar-refractivity contribution < 1.29 is 18.4 Å². The van der Waals surface area contributed by atoms with Crippen LogP contribution in [0.15, 0.2) is 6.20 Å². The maximum absolute atomic E-state index is 11.8. The summed E-state index contributed by atoms with van der Waals surface area (Å²) in [5.41, 5.74) is 1.04. The average molecular weight is 246 g/mol. The van der Waals surface area contributed by atoms with Gasteiger partial charge in [0, 0.05) is 27.5 Å². The van der Waals surface area contributed by atoms with E-state index in [1.54, 1.807) is 20.2 Å². The molecule has 0 unspecified atom stereocenters. The zero-order chi connectivity index (χ0) is 12.3. The van der Waals surface area contributed by atoms with Crippen molar-refractivity contribution in [2.24, 2.45) is 7.05 Å². The largest absolute Gasteiger partial charge is 0.337 e. The number of aromatic nitrogens is 2. The van der Waals surface area contributed by atoms with Crippen molar-refractivity contribution in [3.63, 3.8) is 0 Å². The molecule has 0 aliphatic heterocycles. The molecule has 1 rings (SSSR count). The summed E-state index contributed by atoms with van der Waals surface area (Å²) in [6.07, 6.45) is 1.32. The minimum atomic E-state index is -3.30. The quantitative estimate of drug-likeness (QED) is 0.580. The van der Waals surface area contributed by atoms with Crippen LogP contribution < -0.4 is 0 Å². The Labute approximate surface area is 94.1 Å². The first-order chi connectivity index (χ1) is 7.41. The first-order valence-electron chi connectivity index (χ1n) is 4.66. The Morgan fingerprint density at radius 3 is 2.44 bits per heavy atom. The summed E-state index contributed by atoms with van der Waals surface area (Å²) in [4.78, 5) is 11.8. The summed E-state index contributed by atoms with van der Waals surface area (Å²) < 4.78 is 22.7. The lowest BCUT2D eigenvalue weighted by atomic mass is 10.2. The van der Waals surface area contributed by atoms with Gasteiger partial charge in [-0.05, 0) is 6.92 Å². The van der Waals surface area contributed by atoms with Crippen molar-refractivity contribution in [1.29, 1.82) is 0 Å². The van der Waals surface area contributed by atoms with E-state index < -0.39 is 7.60 Å². The Kier molecular flexibility index (Phi) is 4.02. The van der Waals surface area contributed by atoms with Crippen molar-refractivity contribution in [1.82, 2.24) is 9.78 Å². The molecule has 1 aromatic rings. The van der Waals surface area contributed by atoms with Crippen molar-refractivity contribution in [3.05, 3.63) is 17.5 Å². The highest BCUT2D eigenvalue weighted by Crippen LogP contribution is 2.46. The van der Waals surface area contributed by atoms with Gasteiger partial charge in [-0.3, -0.25) is 14.0 Å². The van der Waals surface area contributed by atoms with Gasteiger partial charge in [-0.2, -0.15) is 5.10 Å². The molecule has 0 aliphatic rings. The Hall–Kier alpha value is -0.970. The molecule has 0 spiro atoms. The van der Waals surface area contributed by atoms with Crippen molar-refractivity contribution >= 4 is 13.4 Å². The number of nitrogens with zero attached hydrogens (tertiary/aromatic N) is 2. The van der Waals surface area contributed by atoms with Crippen LogP contribution >= 0.6 is 7.60 Å². The Morgan fingerprint density at radius 2 is 2.06 bits per heavy atom. The predicted octanol–water partition coefficient (Wildman–Crippen LogP) is 1.40. The van der Waals surface area contributed by atoms with E-state index in [-0.39, 0.29) is 11.9 Å². The SMILES string of the molecule is COP(=O)(CC(=O)c1cn(C)nc1C)OC. The smallest absolute Gasteiger partial charge is 0.312 e. The number of ketones is 1. The maximum atomic E-state index is 11.8. The lowest BCUT2D eigenvalue weighted by Crippen LogP contribution is -2.08. The summed E-state index contributed by atoms with van der Waals surface area (Å²) in [5, 5.41) is 4.04. The Morgan fingerprint density at radius 1 is 1.50 bits per heavy atom. The van der Waals surface area contributed by atoms with Crippen molar-refractivity contribution in [2.45, 2.75) is 6.92 Å². The molecule has 0 radical (unpaired) electrons. The molecule has 90 valence electrons. The van der Waals surface area contributed by atoms with Gasteiger partial charge in [0.15, 0.2) is 5.78 Å². The molecular weight excluding hydrogens is 231 g/mol. The highest BCUT2D eigenvalue weighted by molar-refractivity contribution is 7.54. The van der Waals surface area contributed by atoms with E-state index in [9.17, 15) is 9.36 Å². The number of rotatable bonds is 5. The van der Waals surface area contributed by atoms with Gasteiger partial charge >= 0.3 is 7.60 Å². The molecule has 1 aromatic heterocycles. The Bertz CT molecular complexity index is 433. The fourth-order valence-electron chi connectivity index (χ4n) is 1.34. The molecule has 0 saturated heterocycles. The van der Waals surface area contributed by atoms with E-state index >= 15 is 0 Å². The van der Waals surface area contributed by atoms with E-state index in [0.717, 1.165) is 0 Å². The van der Waals surface area contributed by atoms with Crippen molar-refractivity contribution in [3.8, 4) is 0 Å². The molecule has 0 aromatic carbocycles. The highest BCUT2D eigenvalue weighted by Gasteiger charge is 2.27. The fraction of sp³-hybridized carbons (Fsp3) is 0.556. The van der Waals surface area contributed by atoms with Gasteiger partial charge in [0.25, 0.3) is 0 Å². The summed E-state index contributed by atoms with van der Waals surface area (Å²) in [5.74, 6) is -0.294. The third kappa shape index (κ3) is 2.78. The topological polar surface area (TPSA) is 70.4 Å². The number of carbonyl (C=O) groups is 1. The zero-order valence-corrected chi connectivity index (χ0v) is 10.7. The normalized spacial score (nSPS) is 11.8. The van der Waals surface area contributed by atoms with Gasteiger partial charge in [0.05, 0.1) is 11.3 Å². The molecule has 0 N–H and O–H groups in total. The predicted molar refractivity (Wildman–Crippen MR) is 58.8 cm³/mol. The maximum Gasteiger partial charge on any atom is 0.337 e. The molecule has 7 heteroatoms. The van der Waals surface area contributed by atoms with Gasteiger partial charge in [-0.1, -0.05) is 0 Å². The summed E-state index contributed by atoms with van der Waals surface area (Å²) >= 11 is 0. The highest BCUT2D eigenvalue weighted by atomic mass is 31.2. The second kappa shape index (κ2) is 4.91. The molecule has 6 nitrogen and oxygen atoms in total. The second-order valence-electron chi connectivity index (χ2n) is 3.36. The molecule has 0 bridgehead atoms. The average Bonchev–Trinajstić information content (AvgIpc) is 2.57. The lowest BCUT2D eigenvalue weighted by molar-refractivity contribution is 0.101. The minimum absolute atomic E-state index is 0.271. The lowest BCUT2D eigenvalue weighted by Gasteiger charge is -2.11. The molecule has 16 heavy (non-hydrogen) atoms. The first-order valence-corrected chi connectivity index (χ1v) is 6.38. The van der Waals surface area contributed by atoms with Crippen LogP contribution in [-0.2, 0) is 20.7 Å². The van der Waals surface area contributed by atoms with Gasteiger partial charge in [0.1, 0.15) is 6.16 Å². The van der Waals surface area contributed by atoms with E-state index in [4.69, 9.17) is 9.05 Å². The van der Waals surface area contributed by atoms with E-state index in [2.05, 4.69) is 5.10 Å². The van der Waals surface area contributed by atoms with Crippen LogP contribution in [0.2, 0.25) is 0 Å². The molecule has 0 amide bonds. The number of hydrogen-bond acceptors (Lipinski definition) is 5. The number of carbonyl (C=O) groups excluding carboxylic acids is 1. The summed E-state index contributed by atoms with van der Waals surface area (Å²) in [6, 6.07) is 0. The van der Waals surface area contributed by atoms with Crippen molar-refractivity contribution in [2.75, 3.05) is 20.4 Å².